The minimum Gasteiger partial charge on any atom is -0.403 e. The van der Waals surface area contributed by atoms with Crippen LogP contribution in [0, 0.1) is 5.92 Å². The molecule has 0 aliphatic carbocycles. The molecule has 0 fully saturated rings. The van der Waals surface area contributed by atoms with E-state index in [1.54, 1.807) is 7.05 Å². The lowest BCUT2D eigenvalue weighted by atomic mass is 9.91. The fourth-order valence-corrected chi connectivity index (χ4v) is 5.38. The van der Waals surface area contributed by atoms with Crippen molar-refractivity contribution in [2.45, 2.75) is 65.3 Å². The summed E-state index contributed by atoms with van der Waals surface area (Å²) in [5, 5.41) is 1.28. The van der Waals surface area contributed by atoms with Crippen molar-refractivity contribution in [3.8, 4) is 0 Å². The van der Waals surface area contributed by atoms with Crippen LogP contribution in [0.4, 0.5) is 0 Å². The van der Waals surface area contributed by atoms with Gasteiger partial charge in [-0.15, -0.1) is 0 Å². The van der Waals surface area contributed by atoms with Crippen LogP contribution in [-0.4, -0.2) is 39.0 Å². The minimum absolute atomic E-state index is 0.0998. The quantitative estimate of drug-likeness (QED) is 0.507. The number of hydrogen-bond acceptors (Lipinski definition) is 3. The molecule has 0 aliphatic heterocycles. The first kappa shape index (κ1) is 18.6. The second-order valence-electron chi connectivity index (χ2n) is 5.59. The third kappa shape index (κ3) is 4.03. The number of amides is 1. The molecule has 0 saturated heterocycles. The van der Waals surface area contributed by atoms with Crippen LogP contribution in [0.25, 0.3) is 0 Å². The molecule has 0 radical (unpaired) electrons. The van der Waals surface area contributed by atoms with Gasteiger partial charge in [0, 0.05) is 7.05 Å². The van der Waals surface area contributed by atoms with Crippen molar-refractivity contribution in [3.05, 3.63) is 0 Å². The maximum Gasteiger partial charge on any atom is 0.276 e. The SMILES string of the molecule is CC[Si](CC)(CC)O[C@](C)(C(=O)N(C)OC)C(C)C. The van der Waals surface area contributed by atoms with E-state index < -0.39 is 13.9 Å². The van der Waals surface area contributed by atoms with Crippen molar-refractivity contribution in [1.29, 1.82) is 0 Å². The molecule has 0 aromatic carbocycles. The molecule has 1 atom stereocenters. The molecule has 0 spiro atoms. The summed E-state index contributed by atoms with van der Waals surface area (Å²) in [5.74, 6) is 0.00588. The highest BCUT2D eigenvalue weighted by Gasteiger charge is 2.46. The minimum atomic E-state index is -1.84. The molecule has 19 heavy (non-hydrogen) atoms. The Morgan fingerprint density at radius 2 is 1.63 bits per heavy atom. The first-order valence-corrected chi connectivity index (χ1v) is 9.78. The van der Waals surface area contributed by atoms with Gasteiger partial charge in [0.05, 0.1) is 7.11 Å². The Labute approximate surface area is 119 Å². The molecule has 0 aromatic rings. The number of carbonyl (C=O) groups is 1. The maximum atomic E-state index is 12.6. The summed E-state index contributed by atoms with van der Waals surface area (Å²) in [4.78, 5) is 17.6. The monoisotopic (exact) mass is 289 g/mol. The van der Waals surface area contributed by atoms with Crippen LogP contribution < -0.4 is 0 Å². The topological polar surface area (TPSA) is 38.8 Å². The highest BCUT2D eigenvalue weighted by molar-refractivity contribution is 6.73. The van der Waals surface area contributed by atoms with Crippen molar-refractivity contribution in [3.63, 3.8) is 0 Å². The smallest absolute Gasteiger partial charge is 0.276 e. The lowest BCUT2D eigenvalue weighted by Gasteiger charge is -2.42. The van der Waals surface area contributed by atoms with Crippen LogP contribution >= 0.6 is 0 Å². The Balaban J connectivity index is 5.37. The Kier molecular flexibility index (Phi) is 7.25. The van der Waals surface area contributed by atoms with E-state index in [0.29, 0.717) is 0 Å². The Morgan fingerprint density at radius 3 is 1.89 bits per heavy atom. The summed E-state index contributed by atoms with van der Waals surface area (Å²) in [6.45, 7) is 12.5. The third-order valence-corrected chi connectivity index (χ3v) is 9.17. The molecule has 5 heteroatoms. The van der Waals surface area contributed by atoms with Gasteiger partial charge >= 0.3 is 0 Å². The average molecular weight is 289 g/mol. The lowest BCUT2D eigenvalue weighted by molar-refractivity contribution is -0.189. The number of rotatable bonds is 8. The molecule has 0 aliphatic rings. The van der Waals surface area contributed by atoms with Crippen molar-refractivity contribution in [1.82, 2.24) is 5.06 Å². The van der Waals surface area contributed by atoms with E-state index in [1.165, 1.54) is 12.2 Å². The molecule has 114 valence electrons. The van der Waals surface area contributed by atoms with E-state index in [1.807, 2.05) is 20.8 Å². The zero-order valence-corrected chi connectivity index (χ0v) is 14.9. The van der Waals surface area contributed by atoms with Crippen LogP contribution in [-0.2, 0) is 14.1 Å². The van der Waals surface area contributed by atoms with Gasteiger partial charge in [-0.1, -0.05) is 34.6 Å². The predicted molar refractivity (Wildman–Crippen MR) is 81.3 cm³/mol. The summed E-state index contributed by atoms with van der Waals surface area (Å²) >= 11 is 0. The third-order valence-electron chi connectivity index (χ3n) is 4.45. The van der Waals surface area contributed by atoms with E-state index in [9.17, 15) is 4.79 Å². The molecule has 0 bridgehead atoms. The summed E-state index contributed by atoms with van der Waals surface area (Å²) in [6, 6.07) is 3.10. The van der Waals surface area contributed by atoms with E-state index in [-0.39, 0.29) is 11.8 Å². The number of hydroxylamine groups is 2. The summed E-state index contributed by atoms with van der Waals surface area (Å²) < 4.78 is 6.49. The molecule has 0 unspecified atom stereocenters. The molecule has 0 N–H and O–H groups in total. The van der Waals surface area contributed by atoms with Crippen molar-refractivity contribution >= 4 is 14.2 Å². The lowest BCUT2D eigenvalue weighted by Crippen LogP contribution is -2.56. The molecule has 0 saturated carbocycles. The van der Waals surface area contributed by atoms with Crippen LogP contribution in [0.15, 0.2) is 0 Å². The van der Waals surface area contributed by atoms with Crippen LogP contribution in [0.3, 0.4) is 0 Å². The second kappa shape index (κ2) is 7.41. The number of likely N-dealkylation sites (N-methyl/N-ethyl adjacent to an activating group) is 1. The van der Waals surface area contributed by atoms with Crippen LogP contribution in [0.1, 0.15) is 41.5 Å². The van der Waals surface area contributed by atoms with Gasteiger partial charge in [-0.3, -0.25) is 9.63 Å². The molecule has 0 rings (SSSR count). The number of hydrogen-bond donors (Lipinski definition) is 0. The average Bonchev–Trinajstić information content (AvgIpc) is 2.42. The first-order chi connectivity index (χ1) is 8.72. The molecule has 0 heterocycles. The van der Waals surface area contributed by atoms with Crippen molar-refractivity contribution in [2.24, 2.45) is 5.92 Å². The van der Waals surface area contributed by atoms with Gasteiger partial charge in [-0.2, -0.15) is 0 Å². The fourth-order valence-electron chi connectivity index (χ4n) is 2.22. The summed E-state index contributed by atoms with van der Waals surface area (Å²) in [6.07, 6.45) is 0. The molecule has 0 aromatic heterocycles. The molecule has 4 nitrogen and oxygen atoms in total. The molecular formula is C14H31NO3Si. The van der Waals surface area contributed by atoms with Gasteiger partial charge in [-0.05, 0) is 31.0 Å². The predicted octanol–water partition coefficient (Wildman–Crippen LogP) is 3.44. The fraction of sp³-hybridized carbons (Fsp3) is 0.929. The van der Waals surface area contributed by atoms with Crippen LogP contribution in [0.2, 0.25) is 18.1 Å². The van der Waals surface area contributed by atoms with Gasteiger partial charge in [0.2, 0.25) is 0 Å². The number of carbonyl (C=O) groups excluding carboxylic acids is 1. The van der Waals surface area contributed by atoms with E-state index in [0.717, 1.165) is 18.1 Å². The zero-order chi connectivity index (χ0) is 15.3. The molecule has 1 amide bonds. The van der Waals surface area contributed by atoms with Gasteiger partial charge in [-0.25, -0.2) is 5.06 Å². The Hall–Kier alpha value is -0.393. The second-order valence-corrected chi connectivity index (χ2v) is 10.3. The van der Waals surface area contributed by atoms with Crippen molar-refractivity contribution in [2.75, 3.05) is 14.2 Å². The number of nitrogens with zero attached hydrogens (tertiary/aromatic N) is 1. The van der Waals surface area contributed by atoms with Crippen LogP contribution in [0.5, 0.6) is 0 Å². The van der Waals surface area contributed by atoms with E-state index >= 15 is 0 Å². The van der Waals surface area contributed by atoms with Gasteiger partial charge in [0.1, 0.15) is 5.60 Å². The Morgan fingerprint density at radius 1 is 1.21 bits per heavy atom. The zero-order valence-electron chi connectivity index (χ0n) is 13.9. The van der Waals surface area contributed by atoms with E-state index in [2.05, 4.69) is 20.8 Å². The molecular weight excluding hydrogens is 258 g/mol. The van der Waals surface area contributed by atoms with Gasteiger partial charge < -0.3 is 4.43 Å². The highest BCUT2D eigenvalue weighted by Crippen LogP contribution is 2.33. The normalized spacial score (nSPS) is 15.4. The van der Waals surface area contributed by atoms with Crippen molar-refractivity contribution < 1.29 is 14.1 Å². The maximum absolute atomic E-state index is 12.6. The standard InChI is InChI=1S/C14H31NO3Si/c1-9-19(10-2,11-3)18-14(6,12(4)5)13(16)15(7)17-8/h12H,9-11H2,1-8H3/t14-/m0/s1. The largest absolute Gasteiger partial charge is 0.403 e. The van der Waals surface area contributed by atoms with Gasteiger partial charge in [0.15, 0.2) is 8.32 Å². The highest BCUT2D eigenvalue weighted by atomic mass is 28.4. The van der Waals surface area contributed by atoms with E-state index in [4.69, 9.17) is 9.26 Å². The van der Waals surface area contributed by atoms with Gasteiger partial charge in [0.25, 0.3) is 5.91 Å². The first-order valence-electron chi connectivity index (χ1n) is 7.25. The Bertz CT molecular complexity index is 284. The summed E-state index contributed by atoms with van der Waals surface area (Å²) in [7, 11) is 1.30. The summed E-state index contributed by atoms with van der Waals surface area (Å²) in [5.41, 5.74) is -0.807.